The Hall–Kier alpha value is -3.99. The molecule has 1 fully saturated rings. The molecule has 1 saturated heterocycles. The van der Waals surface area contributed by atoms with Gasteiger partial charge in [-0.2, -0.15) is 10.2 Å². The third-order valence-corrected chi connectivity index (χ3v) is 10.1. The van der Waals surface area contributed by atoms with Crippen LogP contribution in [-0.2, 0) is 27.6 Å². The Morgan fingerprint density at radius 3 is 2.29 bits per heavy atom. The van der Waals surface area contributed by atoms with Crippen molar-refractivity contribution in [2.24, 2.45) is 10.2 Å². The van der Waals surface area contributed by atoms with Crippen molar-refractivity contribution in [1.29, 1.82) is 0 Å². The maximum absolute atomic E-state index is 14.8. The van der Waals surface area contributed by atoms with Crippen molar-refractivity contribution >= 4 is 21.7 Å². The van der Waals surface area contributed by atoms with Gasteiger partial charge < -0.3 is 9.80 Å². The average Bonchev–Trinajstić information content (AvgIpc) is 2.98. The van der Waals surface area contributed by atoms with Crippen molar-refractivity contribution in [2.45, 2.75) is 42.5 Å². The van der Waals surface area contributed by atoms with Crippen LogP contribution in [-0.4, -0.2) is 61.0 Å². The number of fused-ring (bicyclic) bond motifs is 1. The molecule has 2 aliphatic rings. The van der Waals surface area contributed by atoms with Gasteiger partial charge in [0.15, 0.2) is 9.84 Å². The minimum absolute atomic E-state index is 0.0671. The summed E-state index contributed by atoms with van der Waals surface area (Å²) < 4.78 is 52.7. The molecule has 41 heavy (non-hydrogen) atoms. The monoisotopic (exact) mass is 580 g/mol. The number of carbonyl (C=O) groups excluding carboxylic acids is 2. The summed E-state index contributed by atoms with van der Waals surface area (Å²) in [5.41, 5.74) is 2.83. The maximum Gasteiger partial charge on any atom is 0.256 e. The van der Waals surface area contributed by atoms with Crippen LogP contribution in [0.3, 0.4) is 0 Å². The first-order valence-electron chi connectivity index (χ1n) is 13.3. The maximum atomic E-state index is 14.8. The summed E-state index contributed by atoms with van der Waals surface area (Å²) in [5.74, 6) is -2.35. The van der Waals surface area contributed by atoms with E-state index in [1.807, 2.05) is 24.3 Å². The van der Waals surface area contributed by atoms with Gasteiger partial charge in [0.1, 0.15) is 22.4 Å². The summed E-state index contributed by atoms with van der Waals surface area (Å²) in [5, 5.41) is 8.59. The van der Waals surface area contributed by atoms with Crippen molar-refractivity contribution in [3.8, 4) is 0 Å². The van der Waals surface area contributed by atoms with Crippen LogP contribution in [0.5, 0.6) is 0 Å². The first kappa shape index (κ1) is 28.5. The molecule has 3 aromatic rings. The van der Waals surface area contributed by atoms with Crippen LogP contribution in [0.2, 0.25) is 0 Å². The highest BCUT2D eigenvalue weighted by Gasteiger charge is 2.45. The second kappa shape index (κ2) is 11.1. The second-order valence-electron chi connectivity index (χ2n) is 10.7. The van der Waals surface area contributed by atoms with Crippen LogP contribution in [0.15, 0.2) is 81.9 Å². The molecule has 5 rings (SSSR count). The van der Waals surface area contributed by atoms with Crippen LogP contribution in [0.25, 0.3) is 0 Å². The van der Waals surface area contributed by atoms with E-state index in [1.54, 1.807) is 12.1 Å². The van der Waals surface area contributed by atoms with E-state index in [4.69, 9.17) is 0 Å². The lowest BCUT2D eigenvalue weighted by molar-refractivity contribution is -0.134. The molecule has 0 N–H and O–H groups in total. The number of piperazine rings is 1. The zero-order valence-electron chi connectivity index (χ0n) is 22.8. The van der Waals surface area contributed by atoms with Gasteiger partial charge in [-0.3, -0.25) is 9.59 Å². The van der Waals surface area contributed by atoms with Gasteiger partial charge in [0.05, 0.1) is 17.0 Å². The van der Waals surface area contributed by atoms with Gasteiger partial charge in [-0.15, -0.1) is 0 Å². The largest absolute Gasteiger partial charge is 0.338 e. The molecule has 0 aromatic heterocycles. The molecule has 0 aliphatic carbocycles. The zero-order chi connectivity index (χ0) is 29.4. The number of sulfone groups is 1. The standard InChI is InChI=1S/C30H30F2N4O4S/c1-30(2,41(39,40)23-10-8-22(31)9-11-23)29(38)36-15-13-35(14-16-36)28(37)25-17-20(7-12-26(25)32)18-27-24-6-4-3-5-21(24)19-33-34-27/h3-12,17,27H,13-16,18-19H2,1-2H3. The predicted octanol–water partition coefficient (Wildman–Crippen LogP) is 4.75. The molecule has 11 heteroatoms. The van der Waals surface area contributed by atoms with Gasteiger partial charge in [0.2, 0.25) is 5.91 Å². The first-order valence-corrected chi connectivity index (χ1v) is 14.8. The molecule has 0 radical (unpaired) electrons. The lowest BCUT2D eigenvalue weighted by Gasteiger charge is -2.38. The third kappa shape index (κ3) is 5.50. The number of benzene rings is 3. The van der Waals surface area contributed by atoms with E-state index in [9.17, 15) is 26.8 Å². The lowest BCUT2D eigenvalue weighted by Crippen LogP contribution is -2.57. The Kier molecular flexibility index (Phi) is 7.74. The van der Waals surface area contributed by atoms with E-state index in [0.717, 1.165) is 41.0 Å². The minimum atomic E-state index is -4.12. The quantitative estimate of drug-likeness (QED) is 0.393. The topological polar surface area (TPSA) is 99.5 Å². The van der Waals surface area contributed by atoms with Gasteiger partial charge in [-0.1, -0.05) is 30.3 Å². The normalized spacial score (nSPS) is 17.3. The van der Waals surface area contributed by atoms with Crippen molar-refractivity contribution in [2.75, 3.05) is 26.2 Å². The smallest absolute Gasteiger partial charge is 0.256 e. The van der Waals surface area contributed by atoms with E-state index < -0.39 is 38.0 Å². The highest BCUT2D eigenvalue weighted by molar-refractivity contribution is 7.93. The molecule has 0 spiro atoms. The number of hydrogen-bond acceptors (Lipinski definition) is 6. The summed E-state index contributed by atoms with van der Waals surface area (Å²) in [6.45, 7) is 3.56. The fourth-order valence-electron chi connectivity index (χ4n) is 5.21. The van der Waals surface area contributed by atoms with E-state index in [-0.39, 0.29) is 42.7 Å². The van der Waals surface area contributed by atoms with Crippen LogP contribution in [0.1, 0.15) is 46.9 Å². The molecule has 8 nitrogen and oxygen atoms in total. The van der Waals surface area contributed by atoms with E-state index >= 15 is 0 Å². The summed E-state index contributed by atoms with van der Waals surface area (Å²) in [6.07, 6.45) is 0.459. The summed E-state index contributed by atoms with van der Waals surface area (Å²) in [7, 11) is -4.12. The number of rotatable bonds is 6. The van der Waals surface area contributed by atoms with Gasteiger partial charge in [-0.05, 0) is 66.9 Å². The minimum Gasteiger partial charge on any atom is -0.338 e. The van der Waals surface area contributed by atoms with E-state index in [2.05, 4.69) is 10.2 Å². The first-order chi connectivity index (χ1) is 19.5. The Morgan fingerprint density at radius 2 is 1.59 bits per heavy atom. The second-order valence-corrected chi connectivity index (χ2v) is 13.2. The lowest BCUT2D eigenvalue weighted by atomic mass is 9.93. The predicted molar refractivity (Wildman–Crippen MR) is 148 cm³/mol. The fourth-order valence-corrected chi connectivity index (χ4v) is 6.65. The molecule has 0 saturated carbocycles. The Bertz CT molecular complexity index is 1620. The van der Waals surface area contributed by atoms with Crippen molar-refractivity contribution in [3.63, 3.8) is 0 Å². The number of amides is 2. The number of hydrogen-bond donors (Lipinski definition) is 0. The molecule has 1 atom stereocenters. The van der Waals surface area contributed by atoms with Crippen LogP contribution >= 0.6 is 0 Å². The van der Waals surface area contributed by atoms with Crippen LogP contribution < -0.4 is 0 Å². The number of nitrogens with zero attached hydrogens (tertiary/aromatic N) is 4. The molecule has 214 valence electrons. The molecule has 1 unspecified atom stereocenters. The van der Waals surface area contributed by atoms with Crippen molar-refractivity contribution in [3.05, 3.63) is 101 Å². The number of carbonyl (C=O) groups is 2. The SMILES string of the molecule is CC(C)(C(=O)N1CCN(C(=O)c2cc(CC3N=NCc4ccccc43)ccc2F)CC1)S(=O)(=O)c1ccc(F)cc1. The van der Waals surface area contributed by atoms with Gasteiger partial charge in [0.25, 0.3) is 5.91 Å². The highest BCUT2D eigenvalue weighted by Crippen LogP contribution is 2.31. The molecule has 3 aromatic carbocycles. The third-order valence-electron chi connectivity index (χ3n) is 7.73. The summed E-state index contributed by atoms with van der Waals surface area (Å²) in [4.78, 5) is 29.3. The van der Waals surface area contributed by atoms with Crippen molar-refractivity contribution in [1.82, 2.24) is 9.80 Å². The Morgan fingerprint density at radius 1 is 0.927 bits per heavy atom. The van der Waals surface area contributed by atoms with E-state index in [1.165, 1.54) is 29.7 Å². The summed E-state index contributed by atoms with van der Waals surface area (Å²) in [6, 6.07) is 16.5. The van der Waals surface area contributed by atoms with Gasteiger partial charge in [-0.25, -0.2) is 17.2 Å². The fraction of sp³-hybridized carbons (Fsp3) is 0.333. The number of halogens is 2. The molecule has 2 aliphatic heterocycles. The Balaban J connectivity index is 1.26. The van der Waals surface area contributed by atoms with Gasteiger partial charge in [0, 0.05) is 32.6 Å². The van der Waals surface area contributed by atoms with E-state index in [0.29, 0.717) is 13.0 Å². The zero-order valence-corrected chi connectivity index (χ0v) is 23.6. The van der Waals surface area contributed by atoms with Crippen LogP contribution in [0.4, 0.5) is 8.78 Å². The van der Waals surface area contributed by atoms with Crippen molar-refractivity contribution < 1.29 is 26.8 Å². The number of azo groups is 1. The summed E-state index contributed by atoms with van der Waals surface area (Å²) >= 11 is 0. The molecule has 2 heterocycles. The highest BCUT2D eigenvalue weighted by atomic mass is 32.2. The van der Waals surface area contributed by atoms with Gasteiger partial charge >= 0.3 is 0 Å². The molecule has 2 amide bonds. The molecular formula is C30H30F2N4O4S. The average molecular weight is 581 g/mol. The Labute approximate surface area is 237 Å². The molecular weight excluding hydrogens is 550 g/mol. The molecule has 0 bridgehead atoms. The van der Waals surface area contributed by atoms with Crippen LogP contribution in [0, 0.1) is 11.6 Å².